The number of halogens is 3. The smallest absolute Gasteiger partial charge is 0.410 e. The maximum atomic E-state index is 17.1. The van der Waals surface area contributed by atoms with E-state index in [1.165, 1.54) is 0 Å². The van der Waals surface area contributed by atoms with Crippen molar-refractivity contribution in [2.45, 2.75) is 26.1 Å². The molecule has 1 amide bonds. The molecular formula is C41H34Cl2FN7O5S. The lowest BCUT2D eigenvalue weighted by molar-refractivity contribution is 0.209. The van der Waals surface area contributed by atoms with Crippen molar-refractivity contribution in [3.63, 3.8) is 0 Å². The number of pyridine rings is 1. The number of aromatic nitrogens is 4. The first-order valence-electron chi connectivity index (χ1n) is 17.8. The Bertz CT molecular complexity index is 2580. The summed E-state index contributed by atoms with van der Waals surface area (Å²) in [4.78, 5) is 34.0. The summed E-state index contributed by atoms with van der Waals surface area (Å²) in [6.45, 7) is 3.60. The van der Waals surface area contributed by atoms with Crippen molar-refractivity contribution in [3.8, 4) is 28.4 Å². The van der Waals surface area contributed by atoms with E-state index in [1.54, 1.807) is 38.6 Å². The van der Waals surface area contributed by atoms with Gasteiger partial charge in [0.1, 0.15) is 35.3 Å². The molecule has 8 rings (SSSR count). The van der Waals surface area contributed by atoms with Crippen molar-refractivity contribution in [2.75, 3.05) is 42.5 Å². The van der Waals surface area contributed by atoms with Crippen molar-refractivity contribution < 1.29 is 28.5 Å². The Hall–Kier alpha value is -5.96. The average Bonchev–Trinajstić information content (AvgIpc) is 3.53. The number of benzene rings is 4. The molecule has 16 heteroatoms. The highest BCUT2D eigenvalue weighted by Gasteiger charge is 2.33. The molecule has 1 aliphatic heterocycles. The van der Waals surface area contributed by atoms with Crippen LogP contribution in [0.25, 0.3) is 32.2 Å². The fraction of sp³-hybridized carbons (Fsp3) is 0.195. The highest BCUT2D eigenvalue weighted by Crippen LogP contribution is 2.50. The Kier molecular flexibility index (Phi) is 10.6. The van der Waals surface area contributed by atoms with E-state index < -0.39 is 11.9 Å². The Labute approximate surface area is 340 Å². The number of thiazole rings is 1. The summed E-state index contributed by atoms with van der Waals surface area (Å²) in [5.41, 5.74) is 3.61. The lowest BCUT2D eigenvalue weighted by Gasteiger charge is -2.33. The van der Waals surface area contributed by atoms with Gasteiger partial charge in [0, 0.05) is 36.0 Å². The molecule has 1 aliphatic rings. The van der Waals surface area contributed by atoms with Crippen LogP contribution in [0, 0.1) is 5.82 Å². The Balaban J connectivity index is 1.23. The minimum atomic E-state index is -1.27. The molecule has 3 aromatic heterocycles. The molecule has 57 heavy (non-hydrogen) atoms. The monoisotopic (exact) mass is 825 g/mol. The van der Waals surface area contributed by atoms with Gasteiger partial charge in [0.2, 0.25) is 5.28 Å². The SMILES string of the molecule is COc1ccc(CN(Cc2ccc(OC)cc2)c2ncccc2[C@@H](C)N2CCOc3c(Cl)c(-c4cccc5sc(NC(=O)O)nc45)c(F)c4nc(Cl)nc2c34)cc1. The first-order chi connectivity index (χ1) is 27.6. The molecule has 12 nitrogen and oxygen atoms in total. The van der Waals surface area contributed by atoms with Gasteiger partial charge in [-0.3, -0.25) is 5.32 Å². The van der Waals surface area contributed by atoms with Crippen LogP contribution >= 0.6 is 34.5 Å². The number of amides is 1. The van der Waals surface area contributed by atoms with Gasteiger partial charge in [-0.15, -0.1) is 0 Å². The van der Waals surface area contributed by atoms with Gasteiger partial charge in [0.25, 0.3) is 0 Å². The van der Waals surface area contributed by atoms with Gasteiger partial charge < -0.3 is 29.1 Å². The van der Waals surface area contributed by atoms with Gasteiger partial charge in [-0.2, -0.15) is 4.98 Å². The predicted molar refractivity (Wildman–Crippen MR) is 221 cm³/mol. The van der Waals surface area contributed by atoms with Crippen LogP contribution in [-0.2, 0) is 13.1 Å². The second kappa shape index (κ2) is 15.9. The van der Waals surface area contributed by atoms with E-state index in [-0.39, 0.29) is 50.3 Å². The number of anilines is 3. The van der Waals surface area contributed by atoms with Crippen LogP contribution in [0.5, 0.6) is 17.2 Å². The van der Waals surface area contributed by atoms with E-state index >= 15 is 4.39 Å². The number of carboxylic acid groups (broad SMARTS) is 1. The molecule has 0 spiro atoms. The molecule has 4 aromatic carbocycles. The average molecular weight is 827 g/mol. The number of nitrogens with zero attached hydrogens (tertiary/aromatic N) is 6. The zero-order chi connectivity index (χ0) is 39.8. The number of methoxy groups -OCH3 is 2. The third-order valence-electron chi connectivity index (χ3n) is 9.79. The van der Waals surface area contributed by atoms with Crippen LogP contribution in [0.3, 0.4) is 0 Å². The number of para-hydroxylation sites is 1. The van der Waals surface area contributed by atoms with E-state index in [4.69, 9.17) is 42.4 Å². The number of nitrogens with one attached hydrogen (secondary N) is 1. The molecule has 1 atom stereocenters. The van der Waals surface area contributed by atoms with Gasteiger partial charge in [-0.25, -0.2) is 24.1 Å². The molecule has 0 unspecified atom stereocenters. The fourth-order valence-electron chi connectivity index (χ4n) is 7.11. The van der Waals surface area contributed by atoms with Crippen LogP contribution in [0.4, 0.5) is 26.0 Å². The second-order valence-electron chi connectivity index (χ2n) is 13.2. The van der Waals surface area contributed by atoms with Gasteiger partial charge in [-0.05, 0) is 66.0 Å². The summed E-state index contributed by atoms with van der Waals surface area (Å²) in [6, 6.07) is 24.5. The van der Waals surface area contributed by atoms with Gasteiger partial charge >= 0.3 is 6.09 Å². The highest BCUT2D eigenvalue weighted by atomic mass is 35.5. The summed E-state index contributed by atoms with van der Waals surface area (Å²) in [5, 5.41) is 11.8. The maximum Gasteiger partial charge on any atom is 0.410 e. The first-order valence-corrected chi connectivity index (χ1v) is 19.3. The minimum absolute atomic E-state index is 0.00130. The largest absolute Gasteiger partial charge is 0.497 e. The van der Waals surface area contributed by atoms with Crippen molar-refractivity contribution in [3.05, 3.63) is 118 Å². The molecule has 0 bridgehead atoms. The van der Waals surface area contributed by atoms with E-state index in [9.17, 15) is 9.90 Å². The lowest BCUT2D eigenvalue weighted by atomic mass is 10.00. The molecule has 4 heterocycles. The molecule has 2 N–H and O–H groups in total. The second-order valence-corrected chi connectivity index (χ2v) is 14.9. The number of rotatable bonds is 11. The summed E-state index contributed by atoms with van der Waals surface area (Å²) < 4.78 is 34.8. The predicted octanol–water partition coefficient (Wildman–Crippen LogP) is 10.0. The van der Waals surface area contributed by atoms with Crippen LogP contribution in [0.2, 0.25) is 10.3 Å². The van der Waals surface area contributed by atoms with Gasteiger partial charge in [0.05, 0.1) is 47.4 Å². The van der Waals surface area contributed by atoms with Crippen molar-refractivity contribution in [1.82, 2.24) is 19.9 Å². The van der Waals surface area contributed by atoms with E-state index in [2.05, 4.69) is 25.2 Å². The van der Waals surface area contributed by atoms with Crippen molar-refractivity contribution in [1.29, 1.82) is 0 Å². The molecule has 0 saturated carbocycles. The number of hydrogen-bond donors (Lipinski definition) is 2. The zero-order valence-corrected chi connectivity index (χ0v) is 33.1. The number of hydrogen-bond acceptors (Lipinski definition) is 11. The van der Waals surface area contributed by atoms with Gasteiger partial charge in [-0.1, -0.05) is 65.4 Å². The van der Waals surface area contributed by atoms with E-state index in [1.807, 2.05) is 72.5 Å². The van der Waals surface area contributed by atoms with Crippen molar-refractivity contribution >= 4 is 78.5 Å². The summed E-state index contributed by atoms with van der Waals surface area (Å²) >= 11 is 14.8. The van der Waals surface area contributed by atoms with Gasteiger partial charge in [0.15, 0.2) is 16.7 Å². The highest BCUT2D eigenvalue weighted by molar-refractivity contribution is 7.22. The van der Waals surface area contributed by atoms with E-state index in [0.29, 0.717) is 41.2 Å². The number of carbonyl (C=O) groups is 1. The summed E-state index contributed by atoms with van der Waals surface area (Å²) in [7, 11) is 3.28. The maximum absolute atomic E-state index is 17.1. The first kappa shape index (κ1) is 37.9. The third kappa shape index (κ3) is 7.39. The molecule has 0 aliphatic carbocycles. The number of fused-ring (bicyclic) bond motifs is 1. The number of ether oxygens (including phenoxy) is 3. The Morgan fingerprint density at radius 2 is 1.65 bits per heavy atom. The molecular weight excluding hydrogens is 792 g/mol. The molecule has 290 valence electrons. The molecule has 7 aromatic rings. The third-order valence-corrected chi connectivity index (χ3v) is 11.3. The van der Waals surface area contributed by atoms with Crippen LogP contribution in [0.15, 0.2) is 85.1 Å². The quantitative estimate of drug-likeness (QED) is 0.121. The molecule has 0 radical (unpaired) electrons. The van der Waals surface area contributed by atoms with Crippen LogP contribution < -0.4 is 29.3 Å². The minimum Gasteiger partial charge on any atom is -0.497 e. The molecule has 0 saturated heterocycles. The molecule has 0 fully saturated rings. The topological polar surface area (TPSA) is 135 Å². The fourth-order valence-corrected chi connectivity index (χ4v) is 8.49. The van der Waals surface area contributed by atoms with E-state index in [0.717, 1.165) is 45.3 Å². The van der Waals surface area contributed by atoms with Crippen LogP contribution in [0.1, 0.15) is 29.7 Å². The Morgan fingerprint density at radius 3 is 2.30 bits per heavy atom. The van der Waals surface area contributed by atoms with Crippen molar-refractivity contribution in [2.24, 2.45) is 0 Å². The zero-order valence-electron chi connectivity index (χ0n) is 30.8. The Morgan fingerprint density at radius 1 is 0.965 bits per heavy atom. The summed E-state index contributed by atoms with van der Waals surface area (Å²) in [6.07, 6.45) is 0.499. The van der Waals surface area contributed by atoms with Crippen LogP contribution in [-0.4, -0.2) is 58.5 Å². The summed E-state index contributed by atoms with van der Waals surface area (Å²) in [5.74, 6) is 2.07. The lowest BCUT2D eigenvalue weighted by Crippen LogP contribution is -2.33. The normalized spacial score (nSPS) is 12.9. The standard InChI is InChI=1S/C41H34Cl2FN7O5S/c1-22(27-7-5-17-45-37(27)50(20-23-9-13-25(54-2)14-10-23)21-24-11-15-26(55-3)16-12-24)51-18-19-56-36-31-35(46-39(43)48-38(31)51)33(44)30(32(36)42)28-6-4-8-29-34(28)47-40(57-29)49-41(52)53/h4-17,22H,18-21H2,1-3H3,(H,47,49)(H,52,53)/t22-/m1/s1.